The number of nitrogens with zero attached hydrogens (tertiary/aromatic N) is 2. The molecular formula is C9H9BrN2O2. The zero-order chi connectivity index (χ0) is 10.1. The molecule has 2 heterocycles. The van der Waals surface area contributed by atoms with Crippen LogP contribution in [-0.4, -0.2) is 23.7 Å². The third-order valence-corrected chi connectivity index (χ3v) is 2.47. The Morgan fingerprint density at radius 3 is 3.00 bits per heavy atom. The Bertz CT molecular complexity index is 370. The number of amides is 1. The van der Waals surface area contributed by atoms with Gasteiger partial charge in [0.2, 0.25) is 0 Å². The molecule has 2 rings (SSSR count). The van der Waals surface area contributed by atoms with Crippen LogP contribution in [-0.2, 0) is 4.74 Å². The second-order valence-electron chi connectivity index (χ2n) is 3.11. The summed E-state index contributed by atoms with van der Waals surface area (Å²) in [4.78, 5) is 17.1. The van der Waals surface area contributed by atoms with E-state index in [4.69, 9.17) is 4.74 Å². The molecule has 1 aliphatic rings. The Morgan fingerprint density at radius 1 is 1.64 bits per heavy atom. The molecule has 0 saturated carbocycles. The second-order valence-corrected chi connectivity index (χ2v) is 3.93. The minimum Gasteiger partial charge on any atom is -0.447 e. The molecule has 74 valence electrons. The van der Waals surface area contributed by atoms with Crippen LogP contribution in [0.5, 0.6) is 0 Å². The monoisotopic (exact) mass is 256 g/mol. The molecule has 1 aromatic rings. The summed E-state index contributed by atoms with van der Waals surface area (Å²) < 4.78 is 5.61. The molecule has 0 N–H and O–H groups in total. The maximum absolute atomic E-state index is 11.3. The van der Waals surface area contributed by atoms with E-state index in [1.165, 1.54) is 0 Å². The number of carbonyl (C=O) groups excluding carboxylic acids is 1. The maximum atomic E-state index is 11.3. The van der Waals surface area contributed by atoms with Crippen LogP contribution in [0.15, 0.2) is 22.8 Å². The Labute approximate surface area is 90.0 Å². The summed E-state index contributed by atoms with van der Waals surface area (Å²) in [7, 11) is 0. The average molecular weight is 257 g/mol. The molecule has 1 aromatic heterocycles. The van der Waals surface area contributed by atoms with E-state index in [0.717, 1.165) is 0 Å². The molecule has 0 bridgehead atoms. The first-order valence-electron chi connectivity index (χ1n) is 4.27. The van der Waals surface area contributed by atoms with Crippen LogP contribution in [0.1, 0.15) is 6.92 Å². The van der Waals surface area contributed by atoms with Crippen LogP contribution in [0.4, 0.5) is 10.6 Å². The summed E-state index contributed by atoms with van der Waals surface area (Å²) in [6.07, 6.45) is -0.330. The van der Waals surface area contributed by atoms with Crippen molar-refractivity contribution >= 4 is 27.8 Å². The van der Waals surface area contributed by atoms with Crippen molar-refractivity contribution in [2.75, 3.05) is 11.5 Å². The molecule has 1 amide bonds. The number of rotatable bonds is 1. The van der Waals surface area contributed by atoms with Crippen molar-refractivity contribution in [1.29, 1.82) is 0 Å². The van der Waals surface area contributed by atoms with E-state index in [-0.39, 0.29) is 12.1 Å². The van der Waals surface area contributed by atoms with E-state index < -0.39 is 0 Å². The van der Waals surface area contributed by atoms with Gasteiger partial charge < -0.3 is 4.74 Å². The van der Waals surface area contributed by atoms with Crippen LogP contribution in [0.3, 0.4) is 0 Å². The molecule has 0 aromatic carbocycles. The minimum atomic E-state index is -0.330. The predicted molar refractivity (Wildman–Crippen MR) is 55.2 cm³/mol. The molecule has 1 unspecified atom stereocenters. The van der Waals surface area contributed by atoms with Crippen LogP contribution >= 0.6 is 15.9 Å². The average Bonchev–Trinajstić information content (AvgIpc) is 2.46. The molecule has 0 spiro atoms. The predicted octanol–water partition coefficient (Wildman–Crippen LogP) is 2.19. The quantitative estimate of drug-likeness (QED) is 0.724. The van der Waals surface area contributed by atoms with E-state index in [2.05, 4.69) is 20.9 Å². The van der Waals surface area contributed by atoms with Gasteiger partial charge in [0.25, 0.3) is 0 Å². The number of ether oxygens (including phenoxy) is 1. The Morgan fingerprint density at radius 2 is 2.43 bits per heavy atom. The molecule has 0 aliphatic carbocycles. The fourth-order valence-electron chi connectivity index (χ4n) is 1.37. The number of carbonyl (C=O) groups is 1. The third kappa shape index (κ3) is 1.59. The second kappa shape index (κ2) is 3.57. The van der Waals surface area contributed by atoms with E-state index in [9.17, 15) is 4.79 Å². The first-order valence-corrected chi connectivity index (χ1v) is 5.06. The van der Waals surface area contributed by atoms with Crippen molar-refractivity contribution in [3.63, 3.8) is 0 Å². The minimum absolute atomic E-state index is 0.0456. The SMILES string of the molecule is CC1COC(=O)N1c1cccc(Br)n1. The summed E-state index contributed by atoms with van der Waals surface area (Å²) in [6, 6.07) is 5.48. The molecule has 1 aliphatic heterocycles. The number of cyclic esters (lactones) is 1. The highest BCUT2D eigenvalue weighted by Crippen LogP contribution is 2.22. The number of hydrogen-bond acceptors (Lipinski definition) is 3. The third-order valence-electron chi connectivity index (χ3n) is 2.03. The summed E-state index contributed by atoms with van der Waals surface area (Å²) in [5.41, 5.74) is 0. The molecule has 1 fully saturated rings. The van der Waals surface area contributed by atoms with Crippen LogP contribution in [0, 0.1) is 0 Å². The van der Waals surface area contributed by atoms with Crippen LogP contribution in [0.2, 0.25) is 0 Å². The number of aromatic nitrogens is 1. The van der Waals surface area contributed by atoms with Gasteiger partial charge >= 0.3 is 6.09 Å². The van der Waals surface area contributed by atoms with Crippen molar-refractivity contribution in [2.45, 2.75) is 13.0 Å². The van der Waals surface area contributed by atoms with E-state index in [0.29, 0.717) is 17.0 Å². The van der Waals surface area contributed by atoms with Crippen LogP contribution in [0.25, 0.3) is 0 Å². The van der Waals surface area contributed by atoms with Gasteiger partial charge in [0.15, 0.2) is 0 Å². The summed E-state index contributed by atoms with van der Waals surface area (Å²) in [5.74, 6) is 0.620. The van der Waals surface area contributed by atoms with Gasteiger partial charge in [-0.3, -0.25) is 4.90 Å². The highest BCUT2D eigenvalue weighted by Gasteiger charge is 2.31. The summed E-state index contributed by atoms with van der Waals surface area (Å²) >= 11 is 3.26. The van der Waals surface area contributed by atoms with Crippen LogP contribution < -0.4 is 4.90 Å². The topological polar surface area (TPSA) is 42.4 Å². The van der Waals surface area contributed by atoms with Gasteiger partial charge in [0, 0.05) is 0 Å². The van der Waals surface area contributed by atoms with Gasteiger partial charge in [-0.25, -0.2) is 9.78 Å². The number of hydrogen-bond donors (Lipinski definition) is 0. The van der Waals surface area contributed by atoms with Gasteiger partial charge in [0.05, 0.1) is 6.04 Å². The highest BCUT2D eigenvalue weighted by atomic mass is 79.9. The maximum Gasteiger partial charge on any atom is 0.415 e. The zero-order valence-corrected chi connectivity index (χ0v) is 9.19. The van der Waals surface area contributed by atoms with Gasteiger partial charge in [-0.15, -0.1) is 0 Å². The Balaban J connectivity index is 2.34. The zero-order valence-electron chi connectivity index (χ0n) is 7.61. The lowest BCUT2D eigenvalue weighted by atomic mass is 10.3. The lowest BCUT2D eigenvalue weighted by Crippen LogP contribution is -2.31. The molecule has 14 heavy (non-hydrogen) atoms. The fourth-order valence-corrected chi connectivity index (χ4v) is 1.70. The first kappa shape index (κ1) is 9.45. The first-order chi connectivity index (χ1) is 6.68. The molecule has 4 nitrogen and oxygen atoms in total. The number of pyridine rings is 1. The number of anilines is 1. The largest absolute Gasteiger partial charge is 0.447 e. The molecule has 5 heteroatoms. The van der Waals surface area contributed by atoms with E-state index >= 15 is 0 Å². The molecule has 1 atom stereocenters. The highest BCUT2D eigenvalue weighted by molar-refractivity contribution is 9.10. The standard InChI is InChI=1S/C9H9BrN2O2/c1-6-5-14-9(13)12(6)8-4-2-3-7(10)11-8/h2-4,6H,5H2,1H3. The summed E-state index contributed by atoms with van der Waals surface area (Å²) in [6.45, 7) is 2.35. The van der Waals surface area contributed by atoms with Crippen molar-refractivity contribution in [3.8, 4) is 0 Å². The Hall–Kier alpha value is -1.10. The molecule has 1 saturated heterocycles. The van der Waals surface area contributed by atoms with Crippen molar-refractivity contribution in [3.05, 3.63) is 22.8 Å². The Kier molecular flexibility index (Phi) is 2.41. The summed E-state index contributed by atoms with van der Waals surface area (Å²) in [5, 5.41) is 0. The van der Waals surface area contributed by atoms with Crippen molar-refractivity contribution in [1.82, 2.24) is 4.98 Å². The lowest BCUT2D eigenvalue weighted by molar-refractivity contribution is 0.179. The normalized spacial score (nSPS) is 21.1. The van der Waals surface area contributed by atoms with E-state index in [1.54, 1.807) is 11.0 Å². The smallest absolute Gasteiger partial charge is 0.415 e. The van der Waals surface area contributed by atoms with Crippen molar-refractivity contribution in [2.24, 2.45) is 0 Å². The van der Waals surface area contributed by atoms with Crippen molar-refractivity contribution < 1.29 is 9.53 Å². The van der Waals surface area contributed by atoms with E-state index in [1.807, 2.05) is 19.1 Å². The number of halogens is 1. The fraction of sp³-hybridized carbons (Fsp3) is 0.333. The molecule has 0 radical (unpaired) electrons. The van der Waals surface area contributed by atoms with Gasteiger partial charge in [0.1, 0.15) is 17.0 Å². The van der Waals surface area contributed by atoms with Gasteiger partial charge in [-0.05, 0) is 35.0 Å². The van der Waals surface area contributed by atoms with Gasteiger partial charge in [-0.1, -0.05) is 6.07 Å². The van der Waals surface area contributed by atoms with Gasteiger partial charge in [-0.2, -0.15) is 0 Å². The lowest BCUT2D eigenvalue weighted by Gasteiger charge is -2.16. The molecular weight excluding hydrogens is 248 g/mol.